The summed E-state index contributed by atoms with van der Waals surface area (Å²) < 4.78 is 0. The monoisotopic (exact) mass is 406 g/mol. The van der Waals surface area contributed by atoms with Crippen molar-refractivity contribution in [1.82, 2.24) is 15.1 Å². The van der Waals surface area contributed by atoms with Crippen LogP contribution in [0.15, 0.2) is 0 Å². The number of carbonyl (C=O) groups excluding carboxylic acids is 1. The Morgan fingerprint density at radius 2 is 1.54 bits per heavy atom. The van der Waals surface area contributed by atoms with Crippen molar-refractivity contribution >= 4 is 43.1 Å². The van der Waals surface area contributed by atoms with E-state index in [4.69, 9.17) is 5.73 Å². The lowest BCUT2D eigenvalue weighted by Crippen LogP contribution is -2.49. The molecule has 1 aliphatic heterocycles. The molecule has 0 saturated carbocycles. The highest BCUT2D eigenvalue weighted by atomic mass is 35.5. The molecule has 2 atom stereocenters. The number of amides is 1. The molecule has 24 heavy (non-hydrogen) atoms. The van der Waals surface area contributed by atoms with E-state index in [2.05, 4.69) is 42.8 Å². The number of hydrogen-bond acceptors (Lipinski definition) is 4. The first kappa shape index (κ1) is 29.0. The van der Waals surface area contributed by atoms with Gasteiger partial charge < -0.3 is 20.9 Å². The predicted molar refractivity (Wildman–Crippen MR) is 110 cm³/mol. The second-order valence-corrected chi connectivity index (χ2v) is 6.82. The Kier molecular flexibility index (Phi) is 18.7. The van der Waals surface area contributed by atoms with E-state index in [1.807, 2.05) is 0 Å². The van der Waals surface area contributed by atoms with Crippen molar-refractivity contribution in [1.29, 1.82) is 0 Å². The molecule has 0 aliphatic carbocycles. The first-order chi connectivity index (χ1) is 9.92. The molecule has 1 aliphatic rings. The standard InChI is InChI=1S/C16H34N4O.3ClH/c1-5-19-6-8-20(9-7-19)12-14(4)11-18-16(21)15(17)10-13(2)3;;;/h13-15H,5-12,17H2,1-4H3,(H,18,21);3*1H/t14?,15-;;;/m0.../s1. The number of nitrogens with zero attached hydrogens (tertiary/aromatic N) is 2. The minimum Gasteiger partial charge on any atom is -0.354 e. The highest BCUT2D eigenvalue weighted by Gasteiger charge is 2.19. The van der Waals surface area contributed by atoms with Gasteiger partial charge in [0.05, 0.1) is 6.04 Å². The number of piperazine rings is 1. The van der Waals surface area contributed by atoms with Crippen molar-refractivity contribution in [2.45, 2.75) is 40.2 Å². The van der Waals surface area contributed by atoms with Crippen LogP contribution in [0.1, 0.15) is 34.1 Å². The summed E-state index contributed by atoms with van der Waals surface area (Å²) in [6.45, 7) is 16.1. The molecule has 0 spiro atoms. The van der Waals surface area contributed by atoms with E-state index in [0.29, 0.717) is 11.8 Å². The lowest BCUT2D eigenvalue weighted by molar-refractivity contribution is -0.122. The van der Waals surface area contributed by atoms with Gasteiger partial charge in [-0.1, -0.05) is 27.7 Å². The molecule has 3 N–H and O–H groups in total. The fourth-order valence-electron chi connectivity index (χ4n) is 2.81. The number of rotatable bonds is 8. The summed E-state index contributed by atoms with van der Waals surface area (Å²) in [6.07, 6.45) is 0.749. The van der Waals surface area contributed by atoms with Crippen LogP contribution in [0.5, 0.6) is 0 Å². The topological polar surface area (TPSA) is 61.6 Å². The predicted octanol–water partition coefficient (Wildman–Crippen LogP) is 2.02. The molecule has 0 aromatic carbocycles. The van der Waals surface area contributed by atoms with Gasteiger partial charge in [0.15, 0.2) is 0 Å². The van der Waals surface area contributed by atoms with Gasteiger partial charge in [-0.2, -0.15) is 0 Å². The van der Waals surface area contributed by atoms with E-state index >= 15 is 0 Å². The van der Waals surface area contributed by atoms with Crippen molar-refractivity contribution in [2.75, 3.05) is 45.8 Å². The second kappa shape index (κ2) is 15.5. The number of nitrogens with one attached hydrogen (secondary N) is 1. The summed E-state index contributed by atoms with van der Waals surface area (Å²) >= 11 is 0. The zero-order valence-corrected chi connectivity index (χ0v) is 17.9. The molecular weight excluding hydrogens is 371 g/mol. The summed E-state index contributed by atoms with van der Waals surface area (Å²) in [4.78, 5) is 16.9. The maximum absolute atomic E-state index is 11.9. The van der Waals surface area contributed by atoms with Crippen molar-refractivity contribution in [3.63, 3.8) is 0 Å². The zero-order chi connectivity index (χ0) is 15.8. The van der Waals surface area contributed by atoms with E-state index in [-0.39, 0.29) is 49.2 Å². The van der Waals surface area contributed by atoms with Crippen LogP contribution < -0.4 is 11.1 Å². The number of likely N-dealkylation sites (N-methyl/N-ethyl adjacent to an activating group) is 1. The Balaban J connectivity index is -0.00000147. The van der Waals surface area contributed by atoms with Crippen molar-refractivity contribution < 1.29 is 4.79 Å². The average Bonchev–Trinajstić information content (AvgIpc) is 2.44. The molecule has 1 amide bonds. The Labute approximate surface area is 166 Å². The SMILES string of the molecule is CCN1CCN(CC(C)CNC(=O)[C@@H](N)CC(C)C)CC1.Cl.Cl.Cl. The molecule has 0 radical (unpaired) electrons. The van der Waals surface area contributed by atoms with E-state index in [1.165, 1.54) is 0 Å². The number of hydrogen-bond donors (Lipinski definition) is 2. The molecule has 5 nitrogen and oxygen atoms in total. The first-order valence-electron chi connectivity index (χ1n) is 8.40. The van der Waals surface area contributed by atoms with Crippen LogP contribution in [-0.2, 0) is 4.79 Å². The van der Waals surface area contributed by atoms with E-state index in [9.17, 15) is 4.79 Å². The van der Waals surface area contributed by atoms with Crippen LogP contribution in [0.2, 0.25) is 0 Å². The zero-order valence-electron chi connectivity index (χ0n) is 15.5. The largest absolute Gasteiger partial charge is 0.354 e. The van der Waals surface area contributed by atoms with Crippen LogP contribution in [0.3, 0.4) is 0 Å². The lowest BCUT2D eigenvalue weighted by atomic mass is 10.0. The molecule has 8 heteroatoms. The van der Waals surface area contributed by atoms with Crippen LogP contribution in [0, 0.1) is 11.8 Å². The quantitative estimate of drug-likeness (QED) is 0.646. The summed E-state index contributed by atoms with van der Waals surface area (Å²) in [6, 6.07) is -0.370. The maximum atomic E-state index is 11.9. The van der Waals surface area contributed by atoms with Gasteiger partial charge in [-0.15, -0.1) is 37.2 Å². The molecule has 148 valence electrons. The fraction of sp³-hybridized carbons (Fsp3) is 0.938. The normalized spacial score (nSPS) is 17.9. The van der Waals surface area contributed by atoms with Gasteiger partial charge in [0.2, 0.25) is 5.91 Å². The molecule has 0 aromatic heterocycles. The van der Waals surface area contributed by atoms with Gasteiger partial charge in [0.1, 0.15) is 0 Å². The molecule has 1 fully saturated rings. The minimum absolute atomic E-state index is 0. The van der Waals surface area contributed by atoms with Gasteiger partial charge in [-0.25, -0.2) is 0 Å². The highest BCUT2D eigenvalue weighted by Crippen LogP contribution is 2.06. The Morgan fingerprint density at radius 1 is 1.04 bits per heavy atom. The maximum Gasteiger partial charge on any atom is 0.236 e. The fourth-order valence-corrected chi connectivity index (χ4v) is 2.81. The van der Waals surface area contributed by atoms with Crippen LogP contribution in [0.25, 0.3) is 0 Å². The lowest BCUT2D eigenvalue weighted by Gasteiger charge is -2.35. The van der Waals surface area contributed by atoms with Crippen LogP contribution in [-0.4, -0.2) is 67.6 Å². The molecule has 0 bridgehead atoms. The van der Waals surface area contributed by atoms with E-state index in [1.54, 1.807) is 0 Å². The Bertz CT molecular complexity index is 314. The summed E-state index contributed by atoms with van der Waals surface area (Å²) in [7, 11) is 0. The minimum atomic E-state index is -0.370. The molecule has 1 rings (SSSR count). The highest BCUT2D eigenvalue weighted by molar-refractivity contribution is 5.86. The molecule has 1 saturated heterocycles. The Morgan fingerprint density at radius 3 is 2.00 bits per heavy atom. The second-order valence-electron chi connectivity index (χ2n) is 6.82. The number of nitrogens with two attached hydrogens (primary N) is 1. The smallest absolute Gasteiger partial charge is 0.236 e. The van der Waals surface area contributed by atoms with Gasteiger partial charge in [0.25, 0.3) is 0 Å². The summed E-state index contributed by atoms with van der Waals surface area (Å²) in [5, 5.41) is 3.00. The van der Waals surface area contributed by atoms with Gasteiger partial charge in [-0.3, -0.25) is 4.79 Å². The van der Waals surface area contributed by atoms with Crippen LogP contribution >= 0.6 is 37.2 Å². The van der Waals surface area contributed by atoms with E-state index < -0.39 is 0 Å². The van der Waals surface area contributed by atoms with Crippen molar-refractivity contribution in [2.24, 2.45) is 17.6 Å². The average molecular weight is 408 g/mol. The van der Waals surface area contributed by atoms with Crippen molar-refractivity contribution in [3.8, 4) is 0 Å². The number of halogens is 3. The molecular formula is C16H37Cl3N4O. The van der Waals surface area contributed by atoms with Gasteiger partial charge >= 0.3 is 0 Å². The van der Waals surface area contributed by atoms with Crippen molar-refractivity contribution in [3.05, 3.63) is 0 Å². The third-order valence-electron chi connectivity index (χ3n) is 4.17. The third kappa shape index (κ3) is 11.7. The first-order valence-corrected chi connectivity index (χ1v) is 8.40. The van der Waals surface area contributed by atoms with Crippen LogP contribution in [0.4, 0.5) is 0 Å². The summed E-state index contributed by atoms with van der Waals surface area (Å²) in [5.41, 5.74) is 5.89. The molecule has 1 unspecified atom stereocenters. The molecule has 1 heterocycles. The molecule has 0 aromatic rings. The van der Waals surface area contributed by atoms with Gasteiger partial charge in [0, 0.05) is 39.3 Å². The third-order valence-corrected chi connectivity index (χ3v) is 4.17. The Hall–Kier alpha value is 0.220. The summed E-state index contributed by atoms with van der Waals surface area (Å²) in [5.74, 6) is 0.915. The number of carbonyl (C=O) groups is 1. The van der Waals surface area contributed by atoms with E-state index in [0.717, 1.165) is 52.2 Å². The van der Waals surface area contributed by atoms with Gasteiger partial charge in [-0.05, 0) is 24.8 Å².